The molecule has 4 aliphatic rings. The molecule has 0 bridgehead atoms. The molecule has 1 aliphatic carbocycles. The highest BCUT2D eigenvalue weighted by Gasteiger charge is 2.51. The molecule has 40 heavy (non-hydrogen) atoms. The van der Waals surface area contributed by atoms with E-state index in [0.29, 0.717) is 55.1 Å². The number of halogens is 1. The lowest BCUT2D eigenvalue weighted by atomic mass is 9.80. The molecule has 0 atom stereocenters. The maximum absolute atomic E-state index is 15.3. The average molecular weight is 547 g/mol. The Kier molecular flexibility index (Phi) is 6.91. The van der Waals surface area contributed by atoms with Crippen molar-refractivity contribution in [1.29, 1.82) is 5.26 Å². The number of hydrogen-bond donors (Lipinski definition) is 1. The van der Waals surface area contributed by atoms with Crippen molar-refractivity contribution >= 4 is 11.8 Å². The number of carboxylic acids is 1. The Balaban J connectivity index is 1.03. The summed E-state index contributed by atoms with van der Waals surface area (Å²) >= 11 is 0. The van der Waals surface area contributed by atoms with Crippen LogP contribution in [0.25, 0.3) is 11.1 Å². The van der Waals surface area contributed by atoms with Crippen LogP contribution in [-0.2, 0) is 16.2 Å². The van der Waals surface area contributed by atoms with Gasteiger partial charge in [-0.2, -0.15) is 5.26 Å². The number of carbonyl (C=O) groups is 1. The van der Waals surface area contributed by atoms with Gasteiger partial charge in [0.1, 0.15) is 5.84 Å². The fraction of sp³-hybridized carbons (Fsp3) is 0.516. The highest BCUT2D eigenvalue weighted by Crippen LogP contribution is 2.38. The zero-order valence-corrected chi connectivity index (χ0v) is 22.9. The molecular weight excluding hydrogens is 511 g/mol. The molecule has 0 amide bonds. The van der Waals surface area contributed by atoms with E-state index >= 15 is 4.39 Å². The summed E-state index contributed by atoms with van der Waals surface area (Å²) < 4.78 is 21.0. The van der Waals surface area contributed by atoms with Gasteiger partial charge in [-0.05, 0) is 49.3 Å². The molecule has 1 saturated carbocycles. The van der Waals surface area contributed by atoms with Gasteiger partial charge < -0.3 is 19.6 Å². The van der Waals surface area contributed by atoms with Crippen LogP contribution < -0.4 is 4.74 Å². The van der Waals surface area contributed by atoms with Crippen LogP contribution in [0.15, 0.2) is 41.6 Å². The topological polar surface area (TPSA) is 98.4 Å². The number of benzene rings is 2. The Morgan fingerprint density at radius 2 is 1.95 bits per heavy atom. The molecule has 1 N–H and O–H groups in total. The van der Waals surface area contributed by atoms with Crippen molar-refractivity contribution in [3.63, 3.8) is 0 Å². The molecule has 9 heteroatoms. The van der Waals surface area contributed by atoms with E-state index in [1.54, 1.807) is 6.07 Å². The van der Waals surface area contributed by atoms with E-state index in [4.69, 9.17) is 9.57 Å². The number of likely N-dealkylation sites (tertiary alicyclic amines) is 2. The van der Waals surface area contributed by atoms with Crippen LogP contribution in [0.5, 0.6) is 5.75 Å². The van der Waals surface area contributed by atoms with Gasteiger partial charge in [0.25, 0.3) is 0 Å². The highest BCUT2D eigenvalue weighted by atomic mass is 19.1. The first-order valence-corrected chi connectivity index (χ1v) is 14.2. The molecule has 1 spiro atoms. The Morgan fingerprint density at radius 1 is 1.23 bits per heavy atom. The van der Waals surface area contributed by atoms with Crippen LogP contribution in [0, 0.1) is 28.5 Å². The lowest BCUT2D eigenvalue weighted by molar-refractivity contribution is -0.150. The Morgan fingerprint density at radius 3 is 2.60 bits per heavy atom. The van der Waals surface area contributed by atoms with E-state index in [9.17, 15) is 15.2 Å². The van der Waals surface area contributed by atoms with E-state index in [0.717, 1.165) is 43.9 Å². The van der Waals surface area contributed by atoms with Crippen molar-refractivity contribution in [2.45, 2.75) is 57.6 Å². The van der Waals surface area contributed by atoms with Crippen LogP contribution in [0.3, 0.4) is 0 Å². The number of ether oxygens (including phenoxy) is 1. The molecule has 0 aromatic heterocycles. The monoisotopic (exact) mass is 546 g/mol. The van der Waals surface area contributed by atoms with E-state index in [1.165, 1.54) is 18.9 Å². The van der Waals surface area contributed by atoms with Crippen molar-refractivity contribution in [3.8, 4) is 22.9 Å². The molecule has 3 heterocycles. The molecule has 2 saturated heterocycles. The minimum absolute atomic E-state index is 0.142. The standard InChI is InChI=1S/C31H35FN4O4/c1-30(29(37)38)9-11-36(12-10-30)27-16-31(40-34-27)19-35(20-31)18-22-4-6-24(7-5-22)25-14-23(17-33)15-26(28(25)32)39-13-8-21-2-3-21/h4-7,14-15,21H,2-3,8-13,16,18-20H2,1H3,(H,37,38). The van der Waals surface area contributed by atoms with E-state index in [1.807, 2.05) is 31.2 Å². The number of rotatable bonds is 8. The molecule has 2 aromatic carbocycles. The fourth-order valence-corrected chi connectivity index (χ4v) is 5.96. The predicted octanol–water partition coefficient (Wildman–Crippen LogP) is 5.02. The van der Waals surface area contributed by atoms with E-state index < -0.39 is 17.2 Å². The van der Waals surface area contributed by atoms with E-state index in [-0.39, 0.29) is 11.4 Å². The summed E-state index contributed by atoms with van der Waals surface area (Å²) in [6.07, 6.45) is 5.31. The molecule has 8 nitrogen and oxygen atoms in total. The van der Waals surface area contributed by atoms with Gasteiger partial charge in [0.2, 0.25) is 0 Å². The largest absolute Gasteiger partial charge is 0.490 e. The summed E-state index contributed by atoms with van der Waals surface area (Å²) in [5, 5.41) is 23.3. The van der Waals surface area contributed by atoms with Crippen molar-refractivity contribution in [2.24, 2.45) is 16.5 Å². The number of nitriles is 1. The maximum Gasteiger partial charge on any atom is 0.309 e. The summed E-state index contributed by atoms with van der Waals surface area (Å²) in [6.45, 7) is 5.93. The molecule has 2 aromatic rings. The second-order valence-corrected chi connectivity index (χ2v) is 12.2. The van der Waals surface area contributed by atoms with Crippen molar-refractivity contribution in [3.05, 3.63) is 53.3 Å². The Hall–Kier alpha value is -3.64. The second kappa shape index (κ2) is 10.4. The fourth-order valence-electron chi connectivity index (χ4n) is 5.96. The molecule has 3 fully saturated rings. The number of carboxylic acid groups (broad SMARTS) is 1. The summed E-state index contributed by atoms with van der Waals surface area (Å²) in [7, 11) is 0. The molecule has 0 radical (unpaired) electrons. The number of hydrogen-bond acceptors (Lipinski definition) is 7. The molecule has 3 aliphatic heterocycles. The number of piperidine rings is 1. The quantitative estimate of drug-likeness (QED) is 0.497. The van der Waals surface area contributed by atoms with Gasteiger partial charge in [0.05, 0.1) is 30.1 Å². The summed E-state index contributed by atoms with van der Waals surface area (Å²) in [5.74, 6) is 0.604. The van der Waals surface area contributed by atoms with Gasteiger partial charge in [-0.15, -0.1) is 0 Å². The van der Waals surface area contributed by atoms with Gasteiger partial charge in [0.15, 0.2) is 17.2 Å². The van der Waals surface area contributed by atoms with Gasteiger partial charge in [-0.3, -0.25) is 9.69 Å². The zero-order chi connectivity index (χ0) is 27.9. The summed E-state index contributed by atoms with van der Waals surface area (Å²) in [6, 6.07) is 13.0. The van der Waals surface area contributed by atoms with Gasteiger partial charge in [-0.25, -0.2) is 4.39 Å². The molecular formula is C31H35FN4O4. The maximum atomic E-state index is 15.3. The second-order valence-electron chi connectivity index (χ2n) is 12.2. The van der Waals surface area contributed by atoms with Crippen LogP contribution >= 0.6 is 0 Å². The molecule has 210 valence electrons. The number of amidine groups is 1. The van der Waals surface area contributed by atoms with Crippen molar-refractivity contribution < 1.29 is 23.9 Å². The lowest BCUT2D eigenvalue weighted by Gasteiger charge is -2.45. The third kappa shape index (κ3) is 5.37. The first-order valence-electron chi connectivity index (χ1n) is 14.2. The van der Waals surface area contributed by atoms with Gasteiger partial charge in [-0.1, -0.05) is 42.3 Å². The zero-order valence-electron chi connectivity index (χ0n) is 22.9. The summed E-state index contributed by atoms with van der Waals surface area (Å²) in [4.78, 5) is 21.9. The van der Waals surface area contributed by atoms with Gasteiger partial charge in [0, 0.05) is 44.4 Å². The average Bonchev–Trinajstić information content (AvgIpc) is 3.66. The third-order valence-electron chi connectivity index (χ3n) is 8.92. The number of oxime groups is 1. The number of nitrogens with zero attached hydrogens (tertiary/aromatic N) is 4. The molecule has 6 rings (SSSR count). The smallest absolute Gasteiger partial charge is 0.309 e. The number of aliphatic carboxylic acids is 1. The van der Waals surface area contributed by atoms with Crippen LogP contribution in [-0.4, -0.2) is 65.1 Å². The van der Waals surface area contributed by atoms with Crippen LogP contribution in [0.2, 0.25) is 0 Å². The first kappa shape index (κ1) is 26.6. The summed E-state index contributed by atoms with van der Waals surface area (Å²) in [5.41, 5.74) is 1.61. The normalized spacial score (nSPS) is 21.3. The SMILES string of the molecule is CC1(C(=O)O)CCN(C2=NOC3(C2)CN(Cc2ccc(-c4cc(C#N)cc(OCCC5CC5)c4F)cc2)C3)CC1. The Bertz CT molecular complexity index is 1350. The lowest BCUT2D eigenvalue weighted by Crippen LogP contribution is -2.61. The molecule has 0 unspecified atom stereocenters. The van der Waals surface area contributed by atoms with Crippen LogP contribution in [0.1, 0.15) is 56.6 Å². The van der Waals surface area contributed by atoms with E-state index in [2.05, 4.69) is 21.0 Å². The highest BCUT2D eigenvalue weighted by molar-refractivity contribution is 5.85. The third-order valence-corrected chi connectivity index (χ3v) is 8.92. The predicted molar refractivity (Wildman–Crippen MR) is 147 cm³/mol. The minimum Gasteiger partial charge on any atom is -0.490 e. The minimum atomic E-state index is -0.727. The first-order chi connectivity index (χ1) is 19.3. The van der Waals surface area contributed by atoms with Crippen LogP contribution in [0.4, 0.5) is 4.39 Å². The van der Waals surface area contributed by atoms with Crippen molar-refractivity contribution in [1.82, 2.24) is 9.80 Å². The van der Waals surface area contributed by atoms with Crippen molar-refractivity contribution in [2.75, 3.05) is 32.8 Å². The Labute approximate surface area is 234 Å². The van der Waals surface area contributed by atoms with Gasteiger partial charge >= 0.3 is 5.97 Å².